The van der Waals surface area contributed by atoms with Crippen LogP contribution in [0, 0.1) is 19.0 Å². The molecule has 0 amide bonds. The molecule has 0 aromatic heterocycles. The van der Waals surface area contributed by atoms with Crippen molar-refractivity contribution in [1.29, 1.82) is 0 Å². The van der Waals surface area contributed by atoms with Crippen LogP contribution in [0.15, 0.2) is 24.3 Å². The fourth-order valence-electron chi connectivity index (χ4n) is 1.47. The highest BCUT2D eigenvalue weighted by atomic mass is 16.5. The molecule has 0 radical (unpaired) electrons. The van der Waals surface area contributed by atoms with Crippen LogP contribution in [0.2, 0.25) is 0 Å². The molecule has 1 heteroatoms. The van der Waals surface area contributed by atoms with Gasteiger partial charge in [0.25, 0.3) is 0 Å². The molecule has 1 rings (SSSR count). The Kier molecular flexibility index (Phi) is 6.18. The molecule has 0 aliphatic carbocycles. The zero-order valence-electron chi connectivity index (χ0n) is 10.3. The van der Waals surface area contributed by atoms with Crippen LogP contribution in [0.4, 0.5) is 0 Å². The van der Waals surface area contributed by atoms with Gasteiger partial charge in [0.1, 0.15) is 11.9 Å². The predicted molar refractivity (Wildman–Crippen MR) is 68.3 cm³/mol. The minimum atomic E-state index is 0.834. The monoisotopic (exact) mass is 216 g/mol. The Balaban J connectivity index is 2.21. The average Bonchev–Trinajstić information content (AvgIpc) is 2.28. The van der Waals surface area contributed by atoms with Crippen LogP contribution in [0.5, 0.6) is 5.75 Å². The minimum absolute atomic E-state index is 0.834. The minimum Gasteiger partial charge on any atom is -0.408 e. The van der Waals surface area contributed by atoms with E-state index < -0.39 is 0 Å². The summed E-state index contributed by atoms with van der Waals surface area (Å²) >= 11 is 0. The number of hydrogen-bond donors (Lipinski definition) is 0. The molecule has 86 valence electrons. The quantitative estimate of drug-likeness (QED) is 0.526. The lowest BCUT2D eigenvalue weighted by atomic mass is 10.2. The molecular formula is C15H20O. The summed E-state index contributed by atoms with van der Waals surface area (Å²) < 4.78 is 5.33. The van der Waals surface area contributed by atoms with Gasteiger partial charge in [-0.25, -0.2) is 0 Å². The smallest absolute Gasteiger partial charge is 0.140 e. The van der Waals surface area contributed by atoms with Gasteiger partial charge in [0.15, 0.2) is 0 Å². The Hall–Kier alpha value is -1.42. The number of rotatable bonds is 5. The Morgan fingerprint density at radius 2 is 2.06 bits per heavy atom. The van der Waals surface area contributed by atoms with Crippen LogP contribution < -0.4 is 4.74 Å². The standard InChI is InChI=1S/C15H20O/c1-3-4-5-6-7-8-12-16-15-11-9-10-14(2)13-15/h9-11,13H,3-7H2,1-2H3. The average molecular weight is 216 g/mol. The van der Waals surface area contributed by atoms with E-state index in [1.54, 1.807) is 0 Å². The Labute approximate surface area is 98.8 Å². The maximum Gasteiger partial charge on any atom is 0.140 e. The van der Waals surface area contributed by atoms with E-state index in [9.17, 15) is 0 Å². The fraction of sp³-hybridized carbons (Fsp3) is 0.467. The zero-order chi connectivity index (χ0) is 11.6. The van der Waals surface area contributed by atoms with E-state index in [-0.39, 0.29) is 0 Å². The second-order valence-electron chi connectivity index (χ2n) is 4.01. The molecule has 0 spiro atoms. The second-order valence-corrected chi connectivity index (χ2v) is 4.01. The Bertz CT molecular complexity index is 357. The molecule has 0 bridgehead atoms. The summed E-state index contributed by atoms with van der Waals surface area (Å²) in [6, 6.07) is 7.95. The van der Waals surface area contributed by atoms with Crippen molar-refractivity contribution >= 4 is 0 Å². The van der Waals surface area contributed by atoms with Gasteiger partial charge in [0.2, 0.25) is 0 Å². The summed E-state index contributed by atoms with van der Waals surface area (Å²) in [5.41, 5.74) is 1.20. The SMILES string of the molecule is CCCCCCC#COc1cccc(C)c1. The van der Waals surface area contributed by atoms with E-state index >= 15 is 0 Å². The molecule has 0 unspecified atom stereocenters. The largest absolute Gasteiger partial charge is 0.408 e. The van der Waals surface area contributed by atoms with Crippen molar-refractivity contribution in [3.8, 4) is 17.8 Å². The second kappa shape index (κ2) is 7.82. The normalized spacial score (nSPS) is 9.38. The zero-order valence-corrected chi connectivity index (χ0v) is 10.3. The summed E-state index contributed by atoms with van der Waals surface area (Å²) in [5, 5.41) is 0. The maximum absolute atomic E-state index is 5.33. The first kappa shape index (κ1) is 12.6. The molecule has 0 saturated carbocycles. The lowest BCUT2D eigenvalue weighted by molar-refractivity contribution is 0.517. The lowest BCUT2D eigenvalue weighted by Crippen LogP contribution is -1.83. The first-order valence-corrected chi connectivity index (χ1v) is 6.04. The van der Waals surface area contributed by atoms with Crippen molar-refractivity contribution in [2.24, 2.45) is 0 Å². The molecule has 0 aliphatic heterocycles. The van der Waals surface area contributed by atoms with Gasteiger partial charge in [0, 0.05) is 6.42 Å². The molecule has 0 saturated heterocycles. The van der Waals surface area contributed by atoms with Gasteiger partial charge in [-0.3, -0.25) is 0 Å². The van der Waals surface area contributed by atoms with Gasteiger partial charge >= 0.3 is 0 Å². The summed E-state index contributed by atoms with van der Waals surface area (Å²) in [7, 11) is 0. The van der Waals surface area contributed by atoms with Crippen molar-refractivity contribution in [1.82, 2.24) is 0 Å². The summed E-state index contributed by atoms with van der Waals surface area (Å²) in [6.07, 6.45) is 8.72. The molecule has 0 aliphatic rings. The molecule has 0 fully saturated rings. The molecule has 1 nitrogen and oxygen atoms in total. The molecule has 0 atom stereocenters. The van der Waals surface area contributed by atoms with Gasteiger partial charge in [0.05, 0.1) is 0 Å². The third-order valence-electron chi connectivity index (χ3n) is 2.39. The first-order valence-electron chi connectivity index (χ1n) is 6.04. The lowest BCUT2D eigenvalue weighted by Gasteiger charge is -1.97. The molecule has 0 N–H and O–H groups in total. The van der Waals surface area contributed by atoms with Crippen LogP contribution >= 0.6 is 0 Å². The number of benzene rings is 1. The number of ether oxygens (including phenoxy) is 1. The van der Waals surface area contributed by atoms with E-state index in [2.05, 4.69) is 19.0 Å². The Morgan fingerprint density at radius 1 is 1.19 bits per heavy atom. The molecule has 16 heavy (non-hydrogen) atoms. The number of unbranched alkanes of at least 4 members (excludes halogenated alkanes) is 4. The molecule has 1 aromatic rings. The predicted octanol–water partition coefficient (Wildman–Crippen LogP) is 4.31. The van der Waals surface area contributed by atoms with E-state index in [1.807, 2.05) is 31.2 Å². The van der Waals surface area contributed by atoms with Gasteiger partial charge < -0.3 is 4.74 Å². The number of aryl methyl sites for hydroxylation is 1. The third kappa shape index (κ3) is 5.46. The van der Waals surface area contributed by atoms with Crippen LogP contribution in [-0.2, 0) is 0 Å². The summed E-state index contributed by atoms with van der Waals surface area (Å²) in [6.45, 7) is 4.26. The fourth-order valence-corrected chi connectivity index (χ4v) is 1.47. The maximum atomic E-state index is 5.33. The highest BCUT2D eigenvalue weighted by Crippen LogP contribution is 2.11. The van der Waals surface area contributed by atoms with Crippen LogP contribution in [0.25, 0.3) is 0 Å². The van der Waals surface area contributed by atoms with Gasteiger partial charge in [-0.1, -0.05) is 44.2 Å². The van der Waals surface area contributed by atoms with Crippen LogP contribution in [0.3, 0.4) is 0 Å². The van der Waals surface area contributed by atoms with E-state index in [4.69, 9.17) is 4.74 Å². The molecular weight excluding hydrogens is 196 g/mol. The Morgan fingerprint density at radius 3 is 2.81 bits per heavy atom. The van der Waals surface area contributed by atoms with E-state index in [0.29, 0.717) is 0 Å². The van der Waals surface area contributed by atoms with E-state index in [1.165, 1.54) is 31.2 Å². The van der Waals surface area contributed by atoms with E-state index in [0.717, 1.165) is 12.2 Å². The topological polar surface area (TPSA) is 9.23 Å². The van der Waals surface area contributed by atoms with Crippen molar-refractivity contribution < 1.29 is 4.74 Å². The first-order chi connectivity index (χ1) is 7.83. The third-order valence-corrected chi connectivity index (χ3v) is 2.39. The van der Waals surface area contributed by atoms with Crippen molar-refractivity contribution in [3.63, 3.8) is 0 Å². The van der Waals surface area contributed by atoms with Crippen LogP contribution in [-0.4, -0.2) is 0 Å². The van der Waals surface area contributed by atoms with Crippen molar-refractivity contribution in [3.05, 3.63) is 29.8 Å². The van der Waals surface area contributed by atoms with Crippen molar-refractivity contribution in [2.75, 3.05) is 0 Å². The van der Waals surface area contributed by atoms with Gasteiger partial charge in [-0.15, -0.1) is 0 Å². The van der Waals surface area contributed by atoms with Gasteiger partial charge in [-0.2, -0.15) is 0 Å². The van der Waals surface area contributed by atoms with Crippen molar-refractivity contribution in [2.45, 2.75) is 46.0 Å². The molecule has 1 aromatic carbocycles. The summed E-state index contributed by atoms with van der Waals surface area (Å²) in [5.74, 6) is 3.87. The number of hydrogen-bond acceptors (Lipinski definition) is 1. The highest BCUT2D eigenvalue weighted by Gasteiger charge is 1.90. The summed E-state index contributed by atoms with van der Waals surface area (Å²) in [4.78, 5) is 0. The molecule has 0 heterocycles. The van der Waals surface area contributed by atoms with Gasteiger partial charge in [-0.05, 0) is 31.0 Å². The van der Waals surface area contributed by atoms with Crippen LogP contribution in [0.1, 0.15) is 44.6 Å². The highest BCUT2D eigenvalue weighted by molar-refractivity contribution is 5.28.